The predicted molar refractivity (Wildman–Crippen MR) is 101 cm³/mol. The summed E-state index contributed by atoms with van der Waals surface area (Å²) < 4.78 is 1.48. The summed E-state index contributed by atoms with van der Waals surface area (Å²) in [6, 6.07) is 0. The number of hydrogen-bond donors (Lipinski definition) is 0. The van der Waals surface area contributed by atoms with Crippen LogP contribution < -0.4 is 0 Å². The Labute approximate surface area is 146 Å². The van der Waals surface area contributed by atoms with Crippen molar-refractivity contribution in [3.63, 3.8) is 0 Å². The highest BCUT2D eigenvalue weighted by Crippen LogP contribution is 2.22. The Morgan fingerprint density at radius 2 is 1.00 bits per heavy atom. The average Bonchev–Trinajstić information content (AvgIpc) is 3.06. The minimum Gasteiger partial charge on any atom is -0.512 e. The first kappa shape index (κ1) is 22.4. The molecule has 136 valence electrons. The van der Waals surface area contributed by atoms with Gasteiger partial charge in [0.2, 0.25) is 0 Å². The molecule has 1 heterocycles. The number of nitrogens with zero attached hydrogens (tertiary/aromatic N) is 2. The fraction of sp³-hybridized carbons (Fsp3) is 0.952. The van der Waals surface area contributed by atoms with E-state index < -0.39 is 0 Å². The van der Waals surface area contributed by atoms with Crippen LogP contribution in [-0.4, -0.2) is 30.7 Å². The van der Waals surface area contributed by atoms with E-state index in [1.54, 1.807) is 0 Å². The van der Waals surface area contributed by atoms with Gasteiger partial charge in [-0.15, -0.1) is 0 Å². The van der Waals surface area contributed by atoms with Crippen LogP contribution in [-0.2, 0) is 0 Å². The predicted octanol–water partition coefficient (Wildman–Crippen LogP) is 6.41. The normalized spacial score (nSPS) is 16.0. The maximum atomic E-state index is 6.25. The molecule has 0 N–H and O–H groups in total. The monoisotopic (exact) mass is 322 g/mol. The number of unbranched alkanes of at least 4 members (excludes halogenated alkanes) is 10. The van der Waals surface area contributed by atoms with E-state index in [0.717, 1.165) is 0 Å². The SMILES string of the molecule is CCCCCCCCCCCC[N+]1(CCCC)CCCC1.[C-]#N. The third kappa shape index (κ3) is 11.6. The first-order valence-electron chi connectivity index (χ1n) is 10.4. The molecule has 0 bridgehead atoms. The van der Waals surface area contributed by atoms with E-state index in [-0.39, 0.29) is 0 Å². The van der Waals surface area contributed by atoms with Crippen LogP contribution in [0.1, 0.15) is 104 Å². The van der Waals surface area contributed by atoms with Crippen molar-refractivity contribution in [3.8, 4) is 0 Å². The van der Waals surface area contributed by atoms with Crippen LogP contribution in [0.4, 0.5) is 0 Å². The summed E-state index contributed by atoms with van der Waals surface area (Å²) in [5, 5.41) is 6.25. The molecule has 1 aliphatic heterocycles. The van der Waals surface area contributed by atoms with Crippen LogP contribution in [0.25, 0.3) is 0 Å². The smallest absolute Gasteiger partial charge is 0.0788 e. The van der Waals surface area contributed by atoms with Gasteiger partial charge >= 0.3 is 0 Å². The highest BCUT2D eigenvalue weighted by molar-refractivity contribution is 4.56. The molecule has 0 aromatic heterocycles. The molecule has 0 saturated carbocycles. The summed E-state index contributed by atoms with van der Waals surface area (Å²) in [6.45, 7) is 15.3. The third-order valence-electron chi connectivity index (χ3n) is 5.49. The van der Waals surface area contributed by atoms with Gasteiger partial charge in [-0.1, -0.05) is 71.6 Å². The van der Waals surface area contributed by atoms with E-state index in [1.165, 1.54) is 121 Å². The van der Waals surface area contributed by atoms with E-state index in [2.05, 4.69) is 13.8 Å². The standard InChI is InChI=1S/C20H42N.CN/c1-3-5-7-8-9-10-11-12-13-14-18-21(17-6-4-2)19-15-16-20-21;1-2/h3-20H2,1-2H3;/q+1;-1. The molecular formula is C21H42N2. The lowest BCUT2D eigenvalue weighted by atomic mass is 10.1. The van der Waals surface area contributed by atoms with Gasteiger partial charge in [0, 0.05) is 12.8 Å². The molecule has 1 rings (SSSR count). The van der Waals surface area contributed by atoms with Crippen molar-refractivity contribution in [2.75, 3.05) is 26.2 Å². The van der Waals surface area contributed by atoms with Crippen molar-refractivity contribution in [3.05, 3.63) is 6.57 Å². The third-order valence-corrected chi connectivity index (χ3v) is 5.49. The first-order valence-corrected chi connectivity index (χ1v) is 10.4. The molecule has 0 aliphatic carbocycles. The Balaban J connectivity index is 0.00000232. The minimum atomic E-state index is 1.37. The molecule has 0 aromatic carbocycles. The van der Waals surface area contributed by atoms with Crippen LogP contribution in [0.3, 0.4) is 0 Å². The summed E-state index contributed by atoms with van der Waals surface area (Å²) in [6.07, 6.45) is 20.5. The second kappa shape index (κ2) is 16.3. The van der Waals surface area contributed by atoms with E-state index in [0.29, 0.717) is 0 Å². The summed E-state index contributed by atoms with van der Waals surface area (Å²) in [5.74, 6) is 0. The number of likely N-dealkylation sites (tertiary alicyclic amines) is 1. The first-order chi connectivity index (χ1) is 11.3. The maximum Gasteiger partial charge on any atom is 0.0788 e. The number of rotatable bonds is 14. The highest BCUT2D eigenvalue weighted by Gasteiger charge is 2.30. The Morgan fingerprint density at radius 3 is 1.48 bits per heavy atom. The molecule has 0 unspecified atom stereocenters. The molecule has 1 fully saturated rings. The van der Waals surface area contributed by atoms with Gasteiger partial charge in [-0.25, -0.2) is 0 Å². The van der Waals surface area contributed by atoms with Gasteiger partial charge in [0.25, 0.3) is 0 Å². The summed E-state index contributed by atoms with van der Waals surface area (Å²) >= 11 is 0. The Hall–Kier alpha value is -0.550. The van der Waals surface area contributed by atoms with Crippen LogP contribution in [0.15, 0.2) is 0 Å². The van der Waals surface area contributed by atoms with Crippen LogP contribution in [0.2, 0.25) is 0 Å². The second-order valence-corrected chi connectivity index (χ2v) is 7.48. The van der Waals surface area contributed by atoms with Crippen molar-refractivity contribution in [2.24, 2.45) is 0 Å². The molecule has 0 amide bonds. The Morgan fingerprint density at radius 1 is 0.609 bits per heavy atom. The number of quaternary nitrogens is 1. The molecule has 2 nitrogen and oxygen atoms in total. The largest absolute Gasteiger partial charge is 0.512 e. The van der Waals surface area contributed by atoms with Gasteiger partial charge in [0.05, 0.1) is 26.2 Å². The average molecular weight is 323 g/mol. The zero-order valence-electron chi connectivity index (χ0n) is 16.1. The zero-order valence-corrected chi connectivity index (χ0v) is 16.1. The van der Waals surface area contributed by atoms with Crippen LogP contribution in [0, 0.1) is 11.8 Å². The van der Waals surface area contributed by atoms with Gasteiger partial charge in [-0.05, 0) is 19.3 Å². The molecule has 0 radical (unpaired) electrons. The van der Waals surface area contributed by atoms with Crippen molar-refractivity contribution in [1.82, 2.24) is 0 Å². The Kier molecular flexibility index (Phi) is 15.9. The molecule has 1 saturated heterocycles. The van der Waals surface area contributed by atoms with E-state index in [9.17, 15) is 0 Å². The molecule has 1 aliphatic rings. The maximum absolute atomic E-state index is 6.25. The minimum absolute atomic E-state index is 1.37. The van der Waals surface area contributed by atoms with E-state index >= 15 is 0 Å². The molecule has 0 aromatic rings. The van der Waals surface area contributed by atoms with Gasteiger partial charge in [0.1, 0.15) is 0 Å². The van der Waals surface area contributed by atoms with Gasteiger partial charge in [0.15, 0.2) is 0 Å². The fourth-order valence-corrected chi connectivity index (χ4v) is 3.99. The molecule has 23 heavy (non-hydrogen) atoms. The number of hydrogen-bond acceptors (Lipinski definition) is 1. The highest BCUT2D eigenvalue weighted by atomic mass is 15.4. The second-order valence-electron chi connectivity index (χ2n) is 7.48. The van der Waals surface area contributed by atoms with Crippen LogP contribution in [0.5, 0.6) is 0 Å². The van der Waals surface area contributed by atoms with Gasteiger partial charge in [-0.3, -0.25) is 0 Å². The fourth-order valence-electron chi connectivity index (χ4n) is 3.99. The van der Waals surface area contributed by atoms with E-state index in [1.807, 2.05) is 0 Å². The Bertz CT molecular complexity index is 254. The zero-order chi connectivity index (χ0) is 17.2. The lowest BCUT2D eigenvalue weighted by molar-refractivity contribution is -0.917. The van der Waals surface area contributed by atoms with E-state index in [4.69, 9.17) is 11.8 Å². The van der Waals surface area contributed by atoms with Gasteiger partial charge in [-0.2, -0.15) is 0 Å². The summed E-state index contributed by atoms with van der Waals surface area (Å²) in [4.78, 5) is 0. The van der Waals surface area contributed by atoms with Crippen molar-refractivity contribution in [1.29, 1.82) is 5.26 Å². The molecule has 0 atom stereocenters. The van der Waals surface area contributed by atoms with Crippen molar-refractivity contribution >= 4 is 0 Å². The van der Waals surface area contributed by atoms with Crippen LogP contribution >= 0.6 is 0 Å². The van der Waals surface area contributed by atoms with Crippen molar-refractivity contribution in [2.45, 2.75) is 104 Å². The molecule has 0 spiro atoms. The molecule has 2 heteroatoms. The van der Waals surface area contributed by atoms with Crippen molar-refractivity contribution < 1.29 is 4.48 Å². The summed E-state index contributed by atoms with van der Waals surface area (Å²) in [7, 11) is 0. The van der Waals surface area contributed by atoms with Gasteiger partial charge < -0.3 is 16.3 Å². The lowest BCUT2D eigenvalue weighted by Gasteiger charge is -2.34. The lowest BCUT2D eigenvalue weighted by Crippen LogP contribution is -2.46. The topological polar surface area (TPSA) is 23.8 Å². The quantitative estimate of drug-likeness (QED) is 0.206. The molecular weight excluding hydrogens is 280 g/mol. The summed E-state index contributed by atoms with van der Waals surface area (Å²) in [5.41, 5.74) is 0.